The molecule has 0 aromatic heterocycles. The van der Waals surface area contributed by atoms with Crippen LogP contribution in [0.5, 0.6) is 11.5 Å². The van der Waals surface area contributed by atoms with Crippen LogP contribution in [0.25, 0.3) is 0 Å². The van der Waals surface area contributed by atoms with Crippen molar-refractivity contribution in [3.8, 4) is 11.5 Å². The van der Waals surface area contributed by atoms with Crippen LogP contribution in [-0.4, -0.2) is 36.4 Å². The summed E-state index contributed by atoms with van der Waals surface area (Å²) in [5.41, 5.74) is 0.681. The van der Waals surface area contributed by atoms with Crippen molar-refractivity contribution in [2.45, 2.75) is 0 Å². The Kier molecular flexibility index (Phi) is 11.4. The SMILES string of the molecule is COc1ccc(Cl)cc1C(=O)c1cc(F)cc(Br)c1.O=C(O)COc1ccc(Cl)cc1C(=O)c1cc(F)cc(Br)c1. The number of carboxylic acids is 1. The van der Waals surface area contributed by atoms with E-state index in [1.165, 1.54) is 55.6 Å². The number of carbonyl (C=O) groups is 3. The van der Waals surface area contributed by atoms with Gasteiger partial charge in [0.2, 0.25) is 0 Å². The van der Waals surface area contributed by atoms with Gasteiger partial charge >= 0.3 is 5.97 Å². The Bertz CT molecular complexity index is 1590. The van der Waals surface area contributed by atoms with Crippen molar-refractivity contribution in [2.75, 3.05) is 13.7 Å². The van der Waals surface area contributed by atoms with E-state index in [0.717, 1.165) is 6.07 Å². The Morgan fingerprint density at radius 1 is 0.732 bits per heavy atom. The van der Waals surface area contributed by atoms with E-state index in [-0.39, 0.29) is 33.2 Å². The molecule has 0 bridgehead atoms. The fourth-order valence-corrected chi connectivity index (χ4v) is 4.76. The summed E-state index contributed by atoms with van der Waals surface area (Å²) in [6.45, 7) is -0.602. The lowest BCUT2D eigenvalue weighted by Crippen LogP contribution is -2.12. The molecule has 0 heterocycles. The molecule has 0 aliphatic heterocycles. The second kappa shape index (κ2) is 14.5. The molecular formula is C29H18Br2Cl2F2O6. The number of halogens is 6. The molecule has 0 radical (unpaired) electrons. The summed E-state index contributed by atoms with van der Waals surface area (Å²) in [6.07, 6.45) is 0. The summed E-state index contributed by atoms with van der Waals surface area (Å²) in [5, 5.41) is 9.35. The van der Waals surface area contributed by atoms with Gasteiger partial charge in [0.25, 0.3) is 0 Å². The summed E-state index contributed by atoms with van der Waals surface area (Å²) >= 11 is 18.0. The zero-order chi connectivity index (χ0) is 30.3. The van der Waals surface area contributed by atoms with Crippen LogP contribution < -0.4 is 9.47 Å². The maximum Gasteiger partial charge on any atom is 0.341 e. The van der Waals surface area contributed by atoms with Crippen LogP contribution in [0, 0.1) is 11.6 Å². The van der Waals surface area contributed by atoms with Gasteiger partial charge in [-0.05, 0) is 72.8 Å². The summed E-state index contributed by atoms with van der Waals surface area (Å²) in [4.78, 5) is 35.4. The van der Waals surface area contributed by atoms with E-state index in [9.17, 15) is 23.2 Å². The number of aliphatic carboxylic acids is 1. The molecular weight excluding hydrogens is 713 g/mol. The fourth-order valence-electron chi connectivity index (χ4n) is 3.48. The molecule has 0 aliphatic carbocycles. The molecule has 12 heteroatoms. The highest BCUT2D eigenvalue weighted by molar-refractivity contribution is 9.10. The standard InChI is InChI=1S/C15H9BrClFO4.C14H9BrClFO2/c16-9-3-8(4-11(18)5-9)15(21)12-6-10(17)1-2-13(12)22-7-14(19)20;1-19-13-3-2-10(16)7-12(13)14(18)8-4-9(15)6-11(17)5-8/h1-6H,7H2,(H,19,20);2-7H,1H3. The number of benzene rings is 4. The summed E-state index contributed by atoms with van der Waals surface area (Å²) in [6, 6.07) is 16.7. The third kappa shape index (κ3) is 9.09. The summed E-state index contributed by atoms with van der Waals surface area (Å²) in [7, 11) is 1.46. The molecule has 0 atom stereocenters. The van der Waals surface area contributed by atoms with Gasteiger partial charge in [0.15, 0.2) is 18.2 Å². The Morgan fingerprint density at radius 3 is 1.59 bits per heavy atom. The molecule has 0 amide bonds. The lowest BCUT2D eigenvalue weighted by Gasteiger charge is -2.10. The smallest absolute Gasteiger partial charge is 0.341 e. The highest BCUT2D eigenvalue weighted by Crippen LogP contribution is 2.28. The molecule has 6 nitrogen and oxygen atoms in total. The van der Waals surface area contributed by atoms with Crippen molar-refractivity contribution >= 4 is 72.6 Å². The highest BCUT2D eigenvalue weighted by atomic mass is 79.9. The van der Waals surface area contributed by atoms with Crippen molar-refractivity contribution in [3.05, 3.63) is 126 Å². The van der Waals surface area contributed by atoms with Crippen molar-refractivity contribution < 1.29 is 37.7 Å². The van der Waals surface area contributed by atoms with Crippen LogP contribution in [0.3, 0.4) is 0 Å². The number of methoxy groups -OCH3 is 1. The predicted octanol–water partition coefficient (Wildman–Crippen LogP) is 8.42. The summed E-state index contributed by atoms with van der Waals surface area (Å²) in [5.74, 6) is -2.65. The molecule has 212 valence electrons. The van der Waals surface area contributed by atoms with Crippen LogP contribution in [0.15, 0.2) is 81.7 Å². The summed E-state index contributed by atoms with van der Waals surface area (Å²) < 4.78 is 37.8. The molecule has 0 saturated heterocycles. The van der Waals surface area contributed by atoms with Crippen LogP contribution >= 0.6 is 55.1 Å². The zero-order valence-electron chi connectivity index (χ0n) is 20.9. The van der Waals surface area contributed by atoms with Gasteiger partial charge in [-0.2, -0.15) is 0 Å². The maximum atomic E-state index is 13.4. The normalized spacial score (nSPS) is 10.3. The third-order valence-corrected chi connectivity index (χ3v) is 6.58. The van der Waals surface area contributed by atoms with E-state index in [0.29, 0.717) is 25.3 Å². The van der Waals surface area contributed by atoms with Crippen LogP contribution in [0.4, 0.5) is 8.78 Å². The van der Waals surface area contributed by atoms with Crippen molar-refractivity contribution in [3.63, 3.8) is 0 Å². The van der Waals surface area contributed by atoms with E-state index in [4.69, 9.17) is 37.8 Å². The quantitative estimate of drug-likeness (QED) is 0.183. The van der Waals surface area contributed by atoms with E-state index in [1.54, 1.807) is 18.2 Å². The average molecular weight is 731 g/mol. The number of ketones is 2. The number of hydrogen-bond acceptors (Lipinski definition) is 5. The van der Waals surface area contributed by atoms with E-state index in [2.05, 4.69) is 31.9 Å². The number of carbonyl (C=O) groups excluding carboxylic acids is 2. The van der Waals surface area contributed by atoms with Crippen molar-refractivity contribution in [2.24, 2.45) is 0 Å². The van der Waals surface area contributed by atoms with Gasteiger partial charge in [-0.25, -0.2) is 13.6 Å². The zero-order valence-corrected chi connectivity index (χ0v) is 25.6. The van der Waals surface area contributed by atoms with E-state index in [1.807, 2.05) is 0 Å². The molecule has 4 aromatic carbocycles. The molecule has 0 spiro atoms. The molecule has 0 fully saturated rings. The number of rotatable bonds is 8. The molecule has 0 unspecified atom stereocenters. The predicted molar refractivity (Wildman–Crippen MR) is 158 cm³/mol. The molecule has 0 aliphatic rings. The van der Waals surface area contributed by atoms with Crippen molar-refractivity contribution in [1.29, 1.82) is 0 Å². The Hall–Kier alpha value is -3.31. The Morgan fingerprint density at radius 2 is 1.17 bits per heavy atom. The van der Waals surface area contributed by atoms with Gasteiger partial charge < -0.3 is 14.6 Å². The monoisotopic (exact) mass is 728 g/mol. The topological polar surface area (TPSA) is 89.9 Å². The fraction of sp³-hybridized carbons (Fsp3) is 0.0690. The highest BCUT2D eigenvalue weighted by Gasteiger charge is 2.18. The van der Waals surface area contributed by atoms with Crippen molar-refractivity contribution in [1.82, 2.24) is 0 Å². The van der Waals surface area contributed by atoms with Gasteiger partial charge in [0.05, 0.1) is 18.2 Å². The van der Waals surface area contributed by atoms with E-state index < -0.39 is 30.0 Å². The first kappa shape index (κ1) is 32.2. The molecule has 1 N–H and O–H groups in total. The molecule has 4 aromatic rings. The Labute approximate surface area is 260 Å². The van der Waals surface area contributed by atoms with Gasteiger partial charge in [-0.3, -0.25) is 9.59 Å². The minimum Gasteiger partial charge on any atom is -0.496 e. The minimum atomic E-state index is -1.18. The van der Waals surface area contributed by atoms with Crippen LogP contribution in [-0.2, 0) is 4.79 Å². The van der Waals surface area contributed by atoms with Gasteiger partial charge in [0.1, 0.15) is 23.1 Å². The maximum absolute atomic E-state index is 13.4. The number of carboxylic acid groups (broad SMARTS) is 1. The molecule has 4 rings (SSSR count). The average Bonchev–Trinajstić information content (AvgIpc) is 2.90. The largest absolute Gasteiger partial charge is 0.496 e. The second-order valence-corrected chi connectivity index (χ2v) is 10.8. The first-order valence-electron chi connectivity index (χ1n) is 11.4. The number of hydrogen-bond donors (Lipinski definition) is 1. The van der Waals surface area contributed by atoms with Gasteiger partial charge in [-0.1, -0.05) is 55.1 Å². The van der Waals surface area contributed by atoms with Gasteiger partial charge in [0, 0.05) is 30.1 Å². The van der Waals surface area contributed by atoms with E-state index >= 15 is 0 Å². The molecule has 0 saturated carbocycles. The lowest BCUT2D eigenvalue weighted by molar-refractivity contribution is -0.139. The first-order valence-corrected chi connectivity index (χ1v) is 13.7. The molecule has 41 heavy (non-hydrogen) atoms. The number of ether oxygens (including phenoxy) is 2. The second-order valence-electron chi connectivity index (χ2n) is 8.14. The Balaban J connectivity index is 0.000000228. The minimum absolute atomic E-state index is 0.0613. The lowest BCUT2D eigenvalue weighted by atomic mass is 10.0. The third-order valence-electron chi connectivity index (χ3n) is 5.19. The van der Waals surface area contributed by atoms with Gasteiger partial charge in [-0.15, -0.1) is 0 Å². The van der Waals surface area contributed by atoms with Crippen LogP contribution in [0.1, 0.15) is 31.8 Å². The van der Waals surface area contributed by atoms with Crippen LogP contribution in [0.2, 0.25) is 10.0 Å². The first-order chi connectivity index (χ1) is 19.4.